The molecule has 1 rings (SSSR count). The Bertz CT molecular complexity index is 520. The number of rotatable bonds is 5. The Morgan fingerprint density at radius 3 is 2.47 bits per heavy atom. The van der Waals surface area contributed by atoms with Crippen LogP contribution in [0.5, 0.6) is 0 Å². The highest BCUT2D eigenvalue weighted by molar-refractivity contribution is 7.99. The number of sulfone groups is 1. The molecule has 0 amide bonds. The van der Waals surface area contributed by atoms with Crippen molar-refractivity contribution in [1.82, 2.24) is 0 Å². The lowest BCUT2D eigenvalue weighted by atomic mass is 10.2. The van der Waals surface area contributed by atoms with Crippen molar-refractivity contribution in [3.63, 3.8) is 0 Å². The summed E-state index contributed by atoms with van der Waals surface area (Å²) in [5.41, 5.74) is 0.145. The van der Waals surface area contributed by atoms with Gasteiger partial charge < -0.3 is 5.11 Å². The number of carboxylic acids is 1. The zero-order chi connectivity index (χ0) is 13.1. The predicted molar refractivity (Wildman–Crippen MR) is 67.5 cm³/mol. The molecule has 0 atom stereocenters. The van der Waals surface area contributed by atoms with Gasteiger partial charge in [0.15, 0.2) is 9.84 Å². The van der Waals surface area contributed by atoms with Crippen molar-refractivity contribution >= 4 is 27.6 Å². The third kappa shape index (κ3) is 3.23. The second-order valence-electron chi connectivity index (χ2n) is 3.30. The van der Waals surface area contributed by atoms with Crippen LogP contribution in [0, 0.1) is 0 Å². The summed E-state index contributed by atoms with van der Waals surface area (Å²) in [6.45, 7) is 3.45. The van der Waals surface area contributed by atoms with E-state index in [4.69, 9.17) is 5.11 Å². The molecule has 0 bridgehead atoms. The fraction of sp³-hybridized carbons (Fsp3) is 0.364. The van der Waals surface area contributed by atoms with Crippen LogP contribution in [0.4, 0.5) is 0 Å². The first kappa shape index (κ1) is 14.1. The molecule has 1 N–H and O–H groups in total. The van der Waals surface area contributed by atoms with Crippen molar-refractivity contribution in [1.29, 1.82) is 0 Å². The third-order valence-electron chi connectivity index (χ3n) is 2.22. The molecule has 1 aromatic carbocycles. The van der Waals surface area contributed by atoms with Crippen LogP contribution in [-0.4, -0.2) is 31.0 Å². The van der Waals surface area contributed by atoms with Gasteiger partial charge in [-0.3, -0.25) is 0 Å². The van der Waals surface area contributed by atoms with E-state index >= 15 is 0 Å². The summed E-state index contributed by atoms with van der Waals surface area (Å²) in [7, 11) is -3.29. The highest BCUT2D eigenvalue weighted by Crippen LogP contribution is 2.26. The summed E-state index contributed by atoms with van der Waals surface area (Å²) < 4.78 is 23.4. The zero-order valence-corrected chi connectivity index (χ0v) is 11.3. The molecule has 6 heteroatoms. The molecule has 0 saturated carbocycles. The first-order valence-electron chi connectivity index (χ1n) is 5.15. The van der Waals surface area contributed by atoms with E-state index in [1.165, 1.54) is 30.0 Å². The number of carboxylic acid groups (broad SMARTS) is 1. The third-order valence-corrected chi connectivity index (χ3v) is 4.89. The first-order valence-corrected chi connectivity index (χ1v) is 7.79. The lowest BCUT2D eigenvalue weighted by Crippen LogP contribution is -2.06. The second kappa shape index (κ2) is 5.55. The molecular formula is C11H14O4S2. The number of aromatic carboxylic acids is 1. The van der Waals surface area contributed by atoms with E-state index in [0.29, 0.717) is 10.6 Å². The monoisotopic (exact) mass is 274 g/mol. The van der Waals surface area contributed by atoms with Crippen LogP contribution < -0.4 is 0 Å². The van der Waals surface area contributed by atoms with E-state index in [9.17, 15) is 13.2 Å². The molecule has 0 aliphatic rings. The van der Waals surface area contributed by atoms with E-state index in [-0.39, 0.29) is 16.2 Å². The molecule has 4 nitrogen and oxygen atoms in total. The fourth-order valence-corrected chi connectivity index (χ4v) is 3.13. The first-order chi connectivity index (χ1) is 7.92. The fourth-order valence-electron chi connectivity index (χ4n) is 1.31. The standard InChI is InChI=1S/C11H14O4S2/c1-3-16-10-7-8(17(14,15)4-2)5-6-9(10)11(12)13/h5-7H,3-4H2,1-2H3,(H,12,13). The summed E-state index contributed by atoms with van der Waals surface area (Å²) in [4.78, 5) is 11.6. The topological polar surface area (TPSA) is 71.4 Å². The Morgan fingerprint density at radius 2 is 2.00 bits per heavy atom. The highest BCUT2D eigenvalue weighted by Gasteiger charge is 2.16. The van der Waals surface area contributed by atoms with E-state index in [1.807, 2.05) is 6.92 Å². The van der Waals surface area contributed by atoms with E-state index in [1.54, 1.807) is 6.92 Å². The molecule has 0 radical (unpaired) electrons. The Morgan fingerprint density at radius 1 is 1.35 bits per heavy atom. The molecule has 0 fully saturated rings. The van der Waals surface area contributed by atoms with Crippen LogP contribution in [-0.2, 0) is 9.84 Å². The van der Waals surface area contributed by atoms with Crippen LogP contribution >= 0.6 is 11.8 Å². The van der Waals surface area contributed by atoms with Crippen LogP contribution in [0.25, 0.3) is 0 Å². The van der Waals surface area contributed by atoms with Crippen LogP contribution in [0.3, 0.4) is 0 Å². The van der Waals surface area contributed by atoms with Crippen LogP contribution in [0.1, 0.15) is 24.2 Å². The number of thioether (sulfide) groups is 1. The van der Waals surface area contributed by atoms with Gasteiger partial charge in [-0.1, -0.05) is 13.8 Å². The number of hydrogen-bond acceptors (Lipinski definition) is 4. The molecular weight excluding hydrogens is 260 g/mol. The average molecular weight is 274 g/mol. The SMILES string of the molecule is CCSc1cc(S(=O)(=O)CC)ccc1C(=O)O. The molecule has 0 heterocycles. The molecule has 0 aliphatic carbocycles. The maximum atomic E-state index is 11.7. The Balaban J connectivity index is 3.33. The van der Waals surface area contributed by atoms with E-state index in [2.05, 4.69) is 0 Å². The summed E-state index contributed by atoms with van der Waals surface area (Å²) in [5, 5.41) is 8.98. The van der Waals surface area contributed by atoms with Crippen molar-refractivity contribution in [2.24, 2.45) is 0 Å². The lowest BCUT2D eigenvalue weighted by Gasteiger charge is -2.07. The van der Waals surface area contributed by atoms with Gasteiger partial charge in [0.25, 0.3) is 0 Å². The molecule has 0 unspecified atom stereocenters. The van der Waals surface area contributed by atoms with Gasteiger partial charge in [-0.05, 0) is 24.0 Å². The van der Waals surface area contributed by atoms with Crippen molar-refractivity contribution in [2.45, 2.75) is 23.6 Å². The summed E-state index contributed by atoms with van der Waals surface area (Å²) in [6, 6.07) is 4.14. The highest BCUT2D eigenvalue weighted by atomic mass is 32.2. The minimum atomic E-state index is -3.29. The summed E-state index contributed by atoms with van der Waals surface area (Å²) >= 11 is 1.33. The molecule has 0 saturated heterocycles. The second-order valence-corrected chi connectivity index (χ2v) is 6.88. The Labute approximate surface area is 105 Å². The molecule has 0 aromatic heterocycles. The number of benzene rings is 1. The number of carbonyl (C=O) groups is 1. The average Bonchev–Trinajstić information content (AvgIpc) is 2.29. The summed E-state index contributed by atoms with van der Waals surface area (Å²) in [5.74, 6) is -0.340. The van der Waals surface area contributed by atoms with Gasteiger partial charge in [-0.2, -0.15) is 0 Å². The minimum absolute atomic E-state index is 0.00957. The minimum Gasteiger partial charge on any atom is -0.478 e. The van der Waals surface area contributed by atoms with Gasteiger partial charge in [0.05, 0.1) is 16.2 Å². The van der Waals surface area contributed by atoms with Crippen molar-refractivity contribution in [2.75, 3.05) is 11.5 Å². The number of hydrogen-bond donors (Lipinski definition) is 1. The maximum Gasteiger partial charge on any atom is 0.336 e. The van der Waals surface area contributed by atoms with Crippen molar-refractivity contribution in [3.8, 4) is 0 Å². The van der Waals surface area contributed by atoms with E-state index < -0.39 is 15.8 Å². The quantitative estimate of drug-likeness (QED) is 0.834. The lowest BCUT2D eigenvalue weighted by molar-refractivity contribution is 0.0693. The Kier molecular flexibility index (Phi) is 4.59. The normalized spacial score (nSPS) is 11.4. The molecule has 0 spiro atoms. The largest absolute Gasteiger partial charge is 0.478 e. The van der Waals surface area contributed by atoms with Gasteiger partial charge in [-0.15, -0.1) is 11.8 Å². The van der Waals surface area contributed by atoms with Gasteiger partial charge >= 0.3 is 5.97 Å². The predicted octanol–water partition coefficient (Wildman–Crippen LogP) is 2.29. The molecule has 94 valence electrons. The zero-order valence-electron chi connectivity index (χ0n) is 9.63. The summed E-state index contributed by atoms with van der Waals surface area (Å²) in [6.07, 6.45) is 0. The van der Waals surface area contributed by atoms with Crippen molar-refractivity contribution < 1.29 is 18.3 Å². The Hall–Kier alpha value is -1.01. The molecule has 17 heavy (non-hydrogen) atoms. The van der Waals surface area contributed by atoms with Gasteiger partial charge in [0.1, 0.15) is 0 Å². The van der Waals surface area contributed by atoms with Gasteiger partial charge in [0.2, 0.25) is 0 Å². The van der Waals surface area contributed by atoms with Gasteiger partial charge in [-0.25, -0.2) is 13.2 Å². The van der Waals surface area contributed by atoms with Gasteiger partial charge in [0, 0.05) is 4.90 Å². The van der Waals surface area contributed by atoms with Crippen LogP contribution in [0.15, 0.2) is 28.0 Å². The molecule has 0 aliphatic heterocycles. The van der Waals surface area contributed by atoms with Crippen molar-refractivity contribution in [3.05, 3.63) is 23.8 Å². The smallest absolute Gasteiger partial charge is 0.336 e. The maximum absolute atomic E-state index is 11.7. The molecule has 1 aromatic rings. The van der Waals surface area contributed by atoms with E-state index in [0.717, 1.165) is 0 Å². The van der Waals surface area contributed by atoms with Crippen LogP contribution in [0.2, 0.25) is 0 Å².